The molecule has 10 heavy (non-hydrogen) atoms. The van der Waals surface area contributed by atoms with Crippen LogP contribution in [0.3, 0.4) is 0 Å². The number of carboxylic acid groups (broad SMARTS) is 1. The molecule has 0 aliphatic heterocycles. The van der Waals surface area contributed by atoms with Gasteiger partial charge in [-0.3, -0.25) is 0 Å². The highest BCUT2D eigenvalue weighted by atomic mass is 16.4. The molecular weight excluding hydrogens is 128 g/mol. The third-order valence-corrected chi connectivity index (χ3v) is 1.62. The van der Waals surface area contributed by atoms with Crippen molar-refractivity contribution in [1.82, 2.24) is 0 Å². The van der Waals surface area contributed by atoms with Crippen LogP contribution < -0.4 is 5.11 Å². The van der Waals surface area contributed by atoms with E-state index < -0.39 is 5.97 Å². The maximum atomic E-state index is 10.00. The van der Waals surface area contributed by atoms with Gasteiger partial charge in [0.2, 0.25) is 0 Å². The molecule has 0 bridgehead atoms. The van der Waals surface area contributed by atoms with Crippen LogP contribution in [-0.2, 0) is 4.79 Å². The van der Waals surface area contributed by atoms with Crippen LogP contribution in [0.1, 0.15) is 39.5 Å². The summed E-state index contributed by atoms with van der Waals surface area (Å²) in [6.45, 7) is 4.18. The lowest BCUT2D eigenvalue weighted by atomic mass is 10.0. The van der Waals surface area contributed by atoms with Crippen LogP contribution in [0.4, 0.5) is 0 Å². The minimum Gasteiger partial charge on any atom is -0.550 e. The molecule has 2 nitrogen and oxygen atoms in total. The second-order valence-electron chi connectivity index (χ2n) is 2.80. The zero-order chi connectivity index (χ0) is 7.98. The van der Waals surface area contributed by atoms with Crippen molar-refractivity contribution >= 4 is 5.97 Å². The van der Waals surface area contributed by atoms with Gasteiger partial charge in [-0.1, -0.05) is 26.7 Å². The summed E-state index contributed by atoms with van der Waals surface area (Å²) in [4.78, 5) is 10.00. The van der Waals surface area contributed by atoms with Crippen LogP contribution in [0.15, 0.2) is 0 Å². The SMILES string of the molecule is CCCC(C)CCC(=O)[O-]. The first-order valence-corrected chi connectivity index (χ1v) is 3.86. The standard InChI is InChI=1S/C8H16O2/c1-3-4-7(2)5-6-8(9)10/h7H,3-6H2,1-2H3,(H,9,10)/p-1. The van der Waals surface area contributed by atoms with Gasteiger partial charge in [0.1, 0.15) is 0 Å². The highest BCUT2D eigenvalue weighted by Gasteiger charge is 1.99. The fraction of sp³-hybridized carbons (Fsp3) is 0.875. The zero-order valence-electron chi connectivity index (χ0n) is 6.72. The average molecular weight is 143 g/mol. The molecule has 0 fully saturated rings. The van der Waals surface area contributed by atoms with Crippen molar-refractivity contribution in [3.63, 3.8) is 0 Å². The highest BCUT2D eigenvalue weighted by Crippen LogP contribution is 2.10. The summed E-state index contributed by atoms with van der Waals surface area (Å²) in [6, 6.07) is 0. The fourth-order valence-electron chi connectivity index (χ4n) is 1.00. The van der Waals surface area contributed by atoms with Crippen molar-refractivity contribution in [1.29, 1.82) is 0 Å². The highest BCUT2D eigenvalue weighted by molar-refractivity contribution is 5.64. The molecule has 1 atom stereocenters. The summed E-state index contributed by atoms with van der Waals surface area (Å²) in [5, 5.41) is 10.00. The van der Waals surface area contributed by atoms with Crippen LogP contribution >= 0.6 is 0 Å². The largest absolute Gasteiger partial charge is 0.550 e. The van der Waals surface area contributed by atoms with Gasteiger partial charge in [0.15, 0.2) is 0 Å². The number of hydrogen-bond acceptors (Lipinski definition) is 2. The predicted octanol–water partition coefficient (Wildman–Crippen LogP) is 0.953. The average Bonchev–Trinajstić information content (AvgIpc) is 1.85. The van der Waals surface area contributed by atoms with Crippen molar-refractivity contribution in [2.45, 2.75) is 39.5 Å². The van der Waals surface area contributed by atoms with E-state index in [9.17, 15) is 9.90 Å². The Morgan fingerprint density at radius 1 is 1.50 bits per heavy atom. The number of aliphatic carboxylic acids is 1. The fourth-order valence-corrected chi connectivity index (χ4v) is 1.00. The first-order valence-electron chi connectivity index (χ1n) is 3.86. The van der Waals surface area contributed by atoms with E-state index in [4.69, 9.17) is 0 Å². The van der Waals surface area contributed by atoms with E-state index in [0.717, 1.165) is 19.3 Å². The monoisotopic (exact) mass is 143 g/mol. The van der Waals surface area contributed by atoms with Crippen molar-refractivity contribution in [2.75, 3.05) is 0 Å². The molecule has 0 aliphatic carbocycles. The molecule has 0 saturated carbocycles. The third-order valence-electron chi connectivity index (χ3n) is 1.62. The molecule has 0 aromatic rings. The lowest BCUT2D eigenvalue weighted by molar-refractivity contribution is -0.306. The topological polar surface area (TPSA) is 40.1 Å². The van der Waals surface area contributed by atoms with Gasteiger partial charge in [-0.2, -0.15) is 0 Å². The Morgan fingerprint density at radius 2 is 2.10 bits per heavy atom. The summed E-state index contributed by atoms with van der Waals surface area (Å²) in [7, 11) is 0. The number of carboxylic acids is 1. The number of hydrogen-bond donors (Lipinski definition) is 0. The molecule has 0 saturated heterocycles. The van der Waals surface area contributed by atoms with Gasteiger partial charge < -0.3 is 9.90 Å². The Kier molecular flexibility index (Phi) is 4.99. The van der Waals surface area contributed by atoms with E-state index in [-0.39, 0.29) is 6.42 Å². The third kappa shape index (κ3) is 5.60. The lowest BCUT2D eigenvalue weighted by Crippen LogP contribution is -2.22. The molecule has 0 aliphatic rings. The Bertz CT molecular complexity index is 99.4. The van der Waals surface area contributed by atoms with Crippen molar-refractivity contribution in [3.05, 3.63) is 0 Å². The molecule has 0 spiro atoms. The molecule has 0 heterocycles. The molecule has 0 N–H and O–H groups in total. The number of carbonyl (C=O) groups is 1. The predicted molar refractivity (Wildman–Crippen MR) is 38.3 cm³/mol. The van der Waals surface area contributed by atoms with E-state index in [2.05, 4.69) is 13.8 Å². The molecule has 0 aromatic carbocycles. The maximum absolute atomic E-state index is 10.00. The lowest BCUT2D eigenvalue weighted by Gasteiger charge is -2.09. The van der Waals surface area contributed by atoms with Gasteiger partial charge >= 0.3 is 0 Å². The van der Waals surface area contributed by atoms with Gasteiger partial charge in [-0.05, 0) is 18.8 Å². The molecule has 1 unspecified atom stereocenters. The molecule has 0 rings (SSSR count). The molecule has 0 radical (unpaired) electrons. The van der Waals surface area contributed by atoms with E-state index in [1.54, 1.807) is 0 Å². The number of carbonyl (C=O) groups excluding carboxylic acids is 1. The smallest absolute Gasteiger partial charge is 0.0414 e. The van der Waals surface area contributed by atoms with Crippen LogP contribution in [0, 0.1) is 5.92 Å². The molecule has 60 valence electrons. The first-order chi connectivity index (χ1) is 4.66. The Hall–Kier alpha value is -0.530. The summed E-state index contributed by atoms with van der Waals surface area (Å²) < 4.78 is 0. The van der Waals surface area contributed by atoms with Gasteiger partial charge in [0.25, 0.3) is 0 Å². The van der Waals surface area contributed by atoms with Crippen LogP contribution in [0.25, 0.3) is 0 Å². The normalized spacial score (nSPS) is 13.0. The van der Waals surface area contributed by atoms with E-state index in [1.807, 2.05) is 0 Å². The van der Waals surface area contributed by atoms with Crippen molar-refractivity contribution in [3.8, 4) is 0 Å². The minimum atomic E-state index is -0.928. The van der Waals surface area contributed by atoms with Gasteiger partial charge in [-0.25, -0.2) is 0 Å². The van der Waals surface area contributed by atoms with E-state index >= 15 is 0 Å². The Labute approximate surface area is 62.2 Å². The second kappa shape index (κ2) is 5.27. The van der Waals surface area contributed by atoms with Gasteiger partial charge in [0, 0.05) is 5.97 Å². The van der Waals surface area contributed by atoms with Crippen molar-refractivity contribution < 1.29 is 9.90 Å². The number of rotatable bonds is 5. The van der Waals surface area contributed by atoms with Crippen LogP contribution in [0.2, 0.25) is 0 Å². The summed E-state index contributed by atoms with van der Waals surface area (Å²) >= 11 is 0. The maximum Gasteiger partial charge on any atom is 0.0414 e. The Morgan fingerprint density at radius 3 is 2.50 bits per heavy atom. The van der Waals surface area contributed by atoms with Gasteiger partial charge in [-0.15, -0.1) is 0 Å². The molecule has 2 heteroatoms. The summed E-state index contributed by atoms with van der Waals surface area (Å²) in [5.74, 6) is -0.397. The van der Waals surface area contributed by atoms with Crippen LogP contribution in [-0.4, -0.2) is 5.97 Å². The van der Waals surface area contributed by atoms with E-state index in [1.165, 1.54) is 0 Å². The minimum absolute atomic E-state index is 0.209. The van der Waals surface area contributed by atoms with Crippen LogP contribution in [0.5, 0.6) is 0 Å². The quantitative estimate of drug-likeness (QED) is 0.575. The first kappa shape index (κ1) is 9.47. The molecule has 0 amide bonds. The molecule has 0 aromatic heterocycles. The second-order valence-corrected chi connectivity index (χ2v) is 2.80. The van der Waals surface area contributed by atoms with Gasteiger partial charge in [0.05, 0.1) is 0 Å². The molecular formula is C8H15O2-. The summed E-state index contributed by atoms with van der Waals surface area (Å²) in [6.07, 6.45) is 3.22. The Balaban J connectivity index is 3.21. The zero-order valence-corrected chi connectivity index (χ0v) is 6.72. The van der Waals surface area contributed by atoms with E-state index in [0.29, 0.717) is 5.92 Å². The van der Waals surface area contributed by atoms with Crippen molar-refractivity contribution in [2.24, 2.45) is 5.92 Å². The summed E-state index contributed by atoms with van der Waals surface area (Å²) in [5.41, 5.74) is 0.